The fraction of sp³-hybridized carbons (Fsp3) is 0.111. The molecule has 0 heterocycles. The van der Waals surface area contributed by atoms with Gasteiger partial charge in [-0.05, 0) is 12.1 Å². The van der Waals surface area contributed by atoms with Gasteiger partial charge in [0.1, 0.15) is 17.4 Å². The molecule has 0 bridgehead atoms. The van der Waals surface area contributed by atoms with Crippen molar-refractivity contribution in [2.45, 2.75) is 0 Å². The lowest BCUT2D eigenvalue weighted by Crippen LogP contribution is -2.01. The van der Waals surface area contributed by atoms with Crippen LogP contribution < -0.4 is 4.74 Å². The van der Waals surface area contributed by atoms with Crippen molar-refractivity contribution in [2.24, 2.45) is 0 Å². The van der Waals surface area contributed by atoms with E-state index in [0.717, 1.165) is 0 Å². The van der Waals surface area contributed by atoms with Crippen LogP contribution in [-0.4, -0.2) is 18.2 Å². The number of nitrogens with zero attached hydrogens (tertiary/aromatic N) is 1. The molecular weight excluding hydrogens is 170 g/mol. The maximum Gasteiger partial charge on any atom is 0.337 e. The van der Waals surface area contributed by atoms with Gasteiger partial charge in [0.05, 0.1) is 12.7 Å². The van der Waals surface area contributed by atoms with Crippen molar-refractivity contribution < 1.29 is 14.6 Å². The normalized spacial score (nSPS) is 8.92. The van der Waals surface area contributed by atoms with Crippen LogP contribution in [0.15, 0.2) is 18.2 Å². The average Bonchev–Trinajstić information content (AvgIpc) is 2.16. The summed E-state index contributed by atoms with van der Waals surface area (Å²) in [7, 11) is 1.39. The second kappa shape index (κ2) is 3.59. The van der Waals surface area contributed by atoms with Crippen LogP contribution in [0.1, 0.15) is 15.9 Å². The first-order valence-corrected chi connectivity index (χ1v) is 3.51. The first-order valence-electron chi connectivity index (χ1n) is 3.51. The standard InChI is InChI=1S/C9H7NO3/c1-13-8-4-2-3-6(9(11)12)7(8)5-10/h2-4H,1H3,(H,11,12). The van der Waals surface area contributed by atoms with Gasteiger partial charge >= 0.3 is 5.97 Å². The topological polar surface area (TPSA) is 70.3 Å². The molecular formula is C9H7NO3. The van der Waals surface area contributed by atoms with E-state index in [2.05, 4.69) is 0 Å². The molecule has 0 aromatic heterocycles. The Labute approximate surface area is 75.0 Å². The van der Waals surface area contributed by atoms with Gasteiger partial charge in [-0.2, -0.15) is 5.26 Å². The molecule has 4 heteroatoms. The minimum atomic E-state index is -1.13. The number of methoxy groups -OCH3 is 1. The third kappa shape index (κ3) is 1.59. The molecule has 1 aromatic carbocycles. The van der Waals surface area contributed by atoms with Gasteiger partial charge in [-0.1, -0.05) is 6.07 Å². The summed E-state index contributed by atoms with van der Waals surface area (Å²) < 4.78 is 4.84. The van der Waals surface area contributed by atoms with Crippen molar-refractivity contribution in [2.75, 3.05) is 7.11 Å². The Hall–Kier alpha value is -2.02. The average molecular weight is 177 g/mol. The first-order chi connectivity index (χ1) is 6.20. The van der Waals surface area contributed by atoms with Crippen molar-refractivity contribution in [3.8, 4) is 11.8 Å². The summed E-state index contributed by atoms with van der Waals surface area (Å²) in [4.78, 5) is 10.6. The number of rotatable bonds is 2. The zero-order chi connectivity index (χ0) is 9.84. The highest BCUT2D eigenvalue weighted by atomic mass is 16.5. The SMILES string of the molecule is COc1cccc(C(=O)O)c1C#N. The Kier molecular flexibility index (Phi) is 2.50. The molecule has 0 radical (unpaired) electrons. The fourth-order valence-electron chi connectivity index (χ4n) is 0.995. The molecule has 1 aromatic rings. The van der Waals surface area contributed by atoms with Gasteiger partial charge in [-0.15, -0.1) is 0 Å². The quantitative estimate of drug-likeness (QED) is 0.738. The Morgan fingerprint density at radius 1 is 1.62 bits per heavy atom. The van der Waals surface area contributed by atoms with E-state index in [1.165, 1.54) is 19.2 Å². The maximum absolute atomic E-state index is 10.6. The molecule has 0 aliphatic rings. The van der Waals surface area contributed by atoms with Gasteiger partial charge in [0.2, 0.25) is 0 Å². The predicted molar refractivity (Wildman–Crippen MR) is 44.7 cm³/mol. The summed E-state index contributed by atoms with van der Waals surface area (Å²) in [6, 6.07) is 6.23. The fourth-order valence-corrected chi connectivity index (χ4v) is 0.995. The van der Waals surface area contributed by atoms with E-state index in [4.69, 9.17) is 15.1 Å². The third-order valence-corrected chi connectivity index (χ3v) is 1.59. The van der Waals surface area contributed by atoms with Crippen LogP contribution in [0.2, 0.25) is 0 Å². The number of carbonyl (C=O) groups is 1. The number of hydrogen-bond donors (Lipinski definition) is 1. The molecule has 0 aliphatic heterocycles. The predicted octanol–water partition coefficient (Wildman–Crippen LogP) is 1.27. The summed E-state index contributed by atoms with van der Waals surface area (Å²) in [5, 5.41) is 17.4. The zero-order valence-corrected chi connectivity index (χ0v) is 6.94. The molecule has 0 saturated carbocycles. The third-order valence-electron chi connectivity index (χ3n) is 1.59. The second-order valence-electron chi connectivity index (χ2n) is 2.30. The van der Waals surface area contributed by atoms with Crippen molar-refractivity contribution in [1.82, 2.24) is 0 Å². The molecule has 0 fully saturated rings. The Balaban J connectivity index is 3.38. The number of nitriles is 1. The van der Waals surface area contributed by atoms with Crippen LogP contribution in [0, 0.1) is 11.3 Å². The summed E-state index contributed by atoms with van der Waals surface area (Å²) in [6.07, 6.45) is 0. The molecule has 66 valence electrons. The first kappa shape index (κ1) is 9.07. The number of aromatic carboxylic acids is 1. The van der Waals surface area contributed by atoms with Crippen molar-refractivity contribution in [3.05, 3.63) is 29.3 Å². The van der Waals surface area contributed by atoms with Crippen LogP contribution in [0.5, 0.6) is 5.75 Å². The zero-order valence-electron chi connectivity index (χ0n) is 6.94. The number of benzene rings is 1. The molecule has 13 heavy (non-hydrogen) atoms. The Morgan fingerprint density at radius 3 is 2.77 bits per heavy atom. The highest BCUT2D eigenvalue weighted by Crippen LogP contribution is 2.20. The summed E-state index contributed by atoms with van der Waals surface area (Å²) in [5.74, 6) is -0.849. The van der Waals surface area contributed by atoms with Crippen molar-refractivity contribution in [3.63, 3.8) is 0 Å². The monoisotopic (exact) mass is 177 g/mol. The van der Waals surface area contributed by atoms with E-state index in [0.29, 0.717) is 0 Å². The Bertz CT molecular complexity index is 379. The highest BCUT2D eigenvalue weighted by Gasteiger charge is 2.13. The number of ether oxygens (including phenoxy) is 1. The van der Waals surface area contributed by atoms with E-state index in [-0.39, 0.29) is 16.9 Å². The van der Waals surface area contributed by atoms with Gasteiger partial charge in [0, 0.05) is 0 Å². The maximum atomic E-state index is 10.6. The number of hydrogen-bond acceptors (Lipinski definition) is 3. The highest BCUT2D eigenvalue weighted by molar-refractivity contribution is 5.91. The largest absolute Gasteiger partial charge is 0.495 e. The lowest BCUT2D eigenvalue weighted by atomic mass is 10.1. The van der Waals surface area contributed by atoms with Crippen molar-refractivity contribution in [1.29, 1.82) is 5.26 Å². The summed E-state index contributed by atoms with van der Waals surface area (Å²) in [5.41, 5.74) is 0.0133. The Morgan fingerprint density at radius 2 is 2.31 bits per heavy atom. The van der Waals surface area contributed by atoms with E-state index in [1.54, 1.807) is 12.1 Å². The van der Waals surface area contributed by atoms with Crippen LogP contribution in [0.25, 0.3) is 0 Å². The number of carboxylic acid groups (broad SMARTS) is 1. The summed E-state index contributed by atoms with van der Waals surface area (Å²) >= 11 is 0. The van der Waals surface area contributed by atoms with Gasteiger partial charge in [-0.25, -0.2) is 4.79 Å². The molecule has 0 unspecified atom stereocenters. The van der Waals surface area contributed by atoms with E-state index in [1.807, 2.05) is 0 Å². The minimum absolute atomic E-state index is 0.0400. The van der Waals surface area contributed by atoms with Gasteiger partial charge in [0.25, 0.3) is 0 Å². The lowest BCUT2D eigenvalue weighted by molar-refractivity contribution is 0.0696. The molecule has 1 rings (SSSR count). The lowest BCUT2D eigenvalue weighted by Gasteiger charge is -2.03. The van der Waals surface area contributed by atoms with Crippen LogP contribution in [0.3, 0.4) is 0 Å². The minimum Gasteiger partial charge on any atom is -0.495 e. The summed E-state index contributed by atoms with van der Waals surface area (Å²) in [6.45, 7) is 0. The molecule has 0 aliphatic carbocycles. The van der Waals surface area contributed by atoms with Crippen LogP contribution in [-0.2, 0) is 0 Å². The van der Waals surface area contributed by atoms with Crippen molar-refractivity contribution >= 4 is 5.97 Å². The molecule has 0 spiro atoms. The van der Waals surface area contributed by atoms with E-state index >= 15 is 0 Å². The van der Waals surface area contributed by atoms with Crippen LogP contribution in [0.4, 0.5) is 0 Å². The number of carboxylic acids is 1. The smallest absolute Gasteiger partial charge is 0.337 e. The molecule has 0 amide bonds. The second-order valence-corrected chi connectivity index (χ2v) is 2.30. The molecule has 0 atom stereocenters. The van der Waals surface area contributed by atoms with E-state index in [9.17, 15) is 4.79 Å². The molecule has 4 nitrogen and oxygen atoms in total. The van der Waals surface area contributed by atoms with Gasteiger partial charge < -0.3 is 9.84 Å². The molecule has 0 saturated heterocycles. The van der Waals surface area contributed by atoms with Crippen LogP contribution >= 0.6 is 0 Å². The van der Waals surface area contributed by atoms with Gasteiger partial charge in [-0.3, -0.25) is 0 Å². The van der Waals surface area contributed by atoms with Gasteiger partial charge in [0.15, 0.2) is 0 Å². The van der Waals surface area contributed by atoms with E-state index < -0.39 is 5.97 Å². The molecule has 1 N–H and O–H groups in total.